The predicted octanol–water partition coefficient (Wildman–Crippen LogP) is 2.44. The van der Waals surface area contributed by atoms with E-state index in [2.05, 4.69) is 4.98 Å². The fourth-order valence-electron chi connectivity index (χ4n) is 2.26. The molecule has 1 aliphatic carbocycles. The third-order valence-electron chi connectivity index (χ3n) is 3.17. The molecule has 4 nitrogen and oxygen atoms in total. The molecule has 1 aromatic carbocycles. The number of hydrogen-bond acceptors (Lipinski definition) is 4. The molecule has 0 saturated carbocycles. The van der Waals surface area contributed by atoms with Gasteiger partial charge in [0.1, 0.15) is 5.75 Å². The zero-order valence-electron chi connectivity index (χ0n) is 9.84. The standard InChI is InChI=1S/C14H14N2O2/c15-9-4-7-14(16-8-9)18-13-3-1-2-10-11(13)5-6-12(10)17/h1-4,7-8,12,17H,5-6,15H2/t12-/m0/s1. The molecule has 2 aromatic rings. The first-order chi connectivity index (χ1) is 8.74. The van der Waals surface area contributed by atoms with Crippen molar-refractivity contribution in [1.29, 1.82) is 0 Å². The molecule has 4 heteroatoms. The summed E-state index contributed by atoms with van der Waals surface area (Å²) in [6.07, 6.45) is 2.78. The molecule has 1 atom stereocenters. The van der Waals surface area contributed by atoms with Gasteiger partial charge in [-0.3, -0.25) is 0 Å². The predicted molar refractivity (Wildman–Crippen MR) is 68.4 cm³/mol. The van der Waals surface area contributed by atoms with E-state index in [-0.39, 0.29) is 6.10 Å². The maximum absolute atomic E-state index is 9.82. The van der Waals surface area contributed by atoms with Crippen LogP contribution < -0.4 is 10.5 Å². The second kappa shape index (κ2) is 4.31. The molecule has 0 unspecified atom stereocenters. The van der Waals surface area contributed by atoms with E-state index in [4.69, 9.17) is 10.5 Å². The molecular formula is C14H14N2O2. The zero-order chi connectivity index (χ0) is 12.5. The summed E-state index contributed by atoms with van der Waals surface area (Å²) in [5.41, 5.74) is 8.22. The van der Waals surface area contributed by atoms with Crippen LogP contribution in [0.4, 0.5) is 5.69 Å². The van der Waals surface area contributed by atoms with Gasteiger partial charge in [0, 0.05) is 11.6 Å². The zero-order valence-corrected chi connectivity index (χ0v) is 9.84. The van der Waals surface area contributed by atoms with Crippen LogP contribution in [0.15, 0.2) is 36.5 Å². The Morgan fingerprint density at radius 3 is 2.94 bits per heavy atom. The molecule has 92 valence electrons. The third-order valence-corrected chi connectivity index (χ3v) is 3.17. The van der Waals surface area contributed by atoms with Crippen LogP contribution >= 0.6 is 0 Å². The van der Waals surface area contributed by atoms with Crippen molar-refractivity contribution in [3.05, 3.63) is 47.7 Å². The van der Waals surface area contributed by atoms with Gasteiger partial charge in [-0.15, -0.1) is 0 Å². The lowest BCUT2D eigenvalue weighted by atomic mass is 10.1. The van der Waals surface area contributed by atoms with Crippen LogP contribution in [0.2, 0.25) is 0 Å². The number of nitrogens with two attached hydrogens (primary N) is 1. The first kappa shape index (κ1) is 11.0. The number of aliphatic hydroxyl groups excluding tert-OH is 1. The van der Waals surface area contributed by atoms with Gasteiger partial charge in [0.15, 0.2) is 0 Å². The Labute approximate surface area is 105 Å². The highest BCUT2D eigenvalue weighted by Crippen LogP contribution is 2.38. The normalized spacial score (nSPS) is 17.5. The molecule has 18 heavy (non-hydrogen) atoms. The lowest BCUT2D eigenvalue weighted by Gasteiger charge is -2.10. The molecule has 1 aliphatic rings. The number of aliphatic hydroxyl groups is 1. The number of ether oxygens (including phenoxy) is 1. The summed E-state index contributed by atoms with van der Waals surface area (Å²) in [5.74, 6) is 1.28. The Bertz CT molecular complexity index is 567. The number of anilines is 1. The van der Waals surface area contributed by atoms with Crippen LogP contribution in [0, 0.1) is 0 Å². The Kier molecular flexibility index (Phi) is 2.64. The highest BCUT2D eigenvalue weighted by molar-refractivity contribution is 5.46. The number of nitrogens with zero attached hydrogens (tertiary/aromatic N) is 1. The lowest BCUT2D eigenvalue weighted by Crippen LogP contribution is -1.94. The van der Waals surface area contributed by atoms with Crippen LogP contribution in [-0.2, 0) is 6.42 Å². The SMILES string of the molecule is Nc1ccc(Oc2cccc3c2CC[C@@H]3O)nc1. The van der Waals surface area contributed by atoms with Gasteiger partial charge >= 0.3 is 0 Å². The van der Waals surface area contributed by atoms with E-state index in [1.807, 2.05) is 18.2 Å². The summed E-state index contributed by atoms with van der Waals surface area (Å²) < 4.78 is 5.75. The van der Waals surface area contributed by atoms with Crippen molar-refractivity contribution in [2.45, 2.75) is 18.9 Å². The molecule has 0 amide bonds. The second-order valence-electron chi connectivity index (χ2n) is 4.41. The molecule has 0 fully saturated rings. The van der Waals surface area contributed by atoms with Crippen LogP contribution in [0.25, 0.3) is 0 Å². The Morgan fingerprint density at radius 2 is 2.17 bits per heavy atom. The largest absolute Gasteiger partial charge is 0.439 e. The van der Waals surface area contributed by atoms with Crippen molar-refractivity contribution in [2.24, 2.45) is 0 Å². The number of pyridine rings is 1. The van der Waals surface area contributed by atoms with Gasteiger partial charge in [0.2, 0.25) is 5.88 Å². The fourth-order valence-corrected chi connectivity index (χ4v) is 2.26. The lowest BCUT2D eigenvalue weighted by molar-refractivity contribution is 0.180. The van der Waals surface area contributed by atoms with Gasteiger partial charge in [-0.2, -0.15) is 0 Å². The molecule has 1 heterocycles. The van der Waals surface area contributed by atoms with Crippen LogP contribution in [0.5, 0.6) is 11.6 Å². The Hall–Kier alpha value is -2.07. The fraction of sp³-hybridized carbons (Fsp3) is 0.214. The summed E-state index contributed by atoms with van der Waals surface area (Å²) in [6.45, 7) is 0. The van der Waals surface area contributed by atoms with Crippen LogP contribution in [0.3, 0.4) is 0 Å². The van der Waals surface area contributed by atoms with Gasteiger partial charge in [0.05, 0.1) is 18.0 Å². The van der Waals surface area contributed by atoms with Gasteiger partial charge in [-0.25, -0.2) is 4.98 Å². The van der Waals surface area contributed by atoms with Crippen LogP contribution in [-0.4, -0.2) is 10.1 Å². The third kappa shape index (κ3) is 1.91. The minimum atomic E-state index is -0.372. The summed E-state index contributed by atoms with van der Waals surface area (Å²) in [7, 11) is 0. The van der Waals surface area contributed by atoms with Gasteiger partial charge in [0.25, 0.3) is 0 Å². The van der Waals surface area contributed by atoms with E-state index in [0.29, 0.717) is 11.6 Å². The average molecular weight is 242 g/mol. The van der Waals surface area contributed by atoms with Crippen molar-refractivity contribution in [1.82, 2.24) is 4.98 Å². The first-order valence-electron chi connectivity index (χ1n) is 5.93. The topological polar surface area (TPSA) is 68.4 Å². The maximum Gasteiger partial charge on any atom is 0.219 e. The molecule has 0 bridgehead atoms. The van der Waals surface area contributed by atoms with Gasteiger partial charge in [-0.1, -0.05) is 12.1 Å². The number of benzene rings is 1. The molecule has 0 saturated heterocycles. The maximum atomic E-state index is 9.82. The molecule has 3 N–H and O–H groups in total. The van der Waals surface area contributed by atoms with E-state index in [0.717, 1.165) is 29.7 Å². The quantitative estimate of drug-likeness (QED) is 0.848. The van der Waals surface area contributed by atoms with Crippen molar-refractivity contribution >= 4 is 5.69 Å². The van der Waals surface area contributed by atoms with E-state index in [1.165, 1.54) is 0 Å². The molecule has 3 rings (SSSR count). The smallest absolute Gasteiger partial charge is 0.219 e. The first-order valence-corrected chi connectivity index (χ1v) is 5.93. The Morgan fingerprint density at radius 1 is 1.28 bits per heavy atom. The molecule has 0 aliphatic heterocycles. The number of nitrogen functional groups attached to an aromatic ring is 1. The highest BCUT2D eigenvalue weighted by atomic mass is 16.5. The minimum absolute atomic E-state index is 0.372. The Balaban J connectivity index is 1.92. The monoisotopic (exact) mass is 242 g/mol. The van der Waals surface area contributed by atoms with E-state index in [9.17, 15) is 5.11 Å². The number of rotatable bonds is 2. The molecule has 0 spiro atoms. The summed E-state index contributed by atoms with van der Waals surface area (Å²) >= 11 is 0. The van der Waals surface area contributed by atoms with Crippen molar-refractivity contribution in [3.63, 3.8) is 0 Å². The molecule has 1 aromatic heterocycles. The van der Waals surface area contributed by atoms with E-state index < -0.39 is 0 Å². The van der Waals surface area contributed by atoms with E-state index >= 15 is 0 Å². The average Bonchev–Trinajstić information content (AvgIpc) is 2.76. The minimum Gasteiger partial charge on any atom is -0.439 e. The van der Waals surface area contributed by atoms with E-state index in [1.54, 1.807) is 18.3 Å². The second-order valence-corrected chi connectivity index (χ2v) is 4.41. The summed E-state index contributed by atoms with van der Waals surface area (Å²) in [5, 5.41) is 9.82. The van der Waals surface area contributed by atoms with Crippen molar-refractivity contribution in [3.8, 4) is 11.6 Å². The summed E-state index contributed by atoms with van der Waals surface area (Å²) in [4.78, 5) is 4.11. The highest BCUT2D eigenvalue weighted by Gasteiger charge is 2.23. The van der Waals surface area contributed by atoms with Crippen LogP contribution in [0.1, 0.15) is 23.7 Å². The van der Waals surface area contributed by atoms with Gasteiger partial charge in [-0.05, 0) is 30.5 Å². The summed E-state index contributed by atoms with van der Waals surface area (Å²) in [6, 6.07) is 9.21. The van der Waals surface area contributed by atoms with Crippen molar-refractivity contribution in [2.75, 3.05) is 5.73 Å². The number of fused-ring (bicyclic) bond motifs is 1. The number of hydrogen-bond donors (Lipinski definition) is 2. The van der Waals surface area contributed by atoms with Gasteiger partial charge < -0.3 is 15.6 Å². The molecule has 0 radical (unpaired) electrons. The van der Waals surface area contributed by atoms with Crippen molar-refractivity contribution < 1.29 is 9.84 Å². The number of aromatic nitrogens is 1. The molecular weight excluding hydrogens is 228 g/mol.